The maximum absolute atomic E-state index is 10.3. The molecule has 1 atom stereocenters. The first kappa shape index (κ1) is 15.5. The molecule has 4 heteroatoms. The molecule has 1 unspecified atom stereocenters. The minimum Gasteiger partial charge on any atom is -0.457 e. The zero-order valence-corrected chi connectivity index (χ0v) is 14.3. The lowest BCUT2D eigenvalue weighted by Crippen LogP contribution is -2.21. The van der Waals surface area contributed by atoms with Crippen LogP contribution in [0.2, 0.25) is 0 Å². The highest BCUT2D eigenvalue weighted by atomic mass is 79.9. The lowest BCUT2D eigenvalue weighted by Gasteiger charge is -2.23. The number of ether oxygens (including phenoxy) is 1. The van der Waals surface area contributed by atoms with Crippen molar-refractivity contribution >= 4 is 31.9 Å². The molecule has 1 N–H and O–H groups in total. The molecule has 2 rings (SSSR count). The van der Waals surface area contributed by atoms with Gasteiger partial charge in [-0.3, -0.25) is 0 Å². The Hall–Kier alpha value is -0.840. The SMILES string of the molecule is CC(O)(CCBr)c1ccc(Oc2ccc(Br)cc2)cc1. The Labute approximate surface area is 136 Å². The van der Waals surface area contributed by atoms with Gasteiger partial charge in [-0.2, -0.15) is 0 Å². The monoisotopic (exact) mass is 398 g/mol. The second kappa shape index (κ2) is 6.74. The van der Waals surface area contributed by atoms with E-state index in [0.29, 0.717) is 6.42 Å². The fourth-order valence-corrected chi connectivity index (χ4v) is 2.89. The molecule has 2 aromatic rings. The number of halogens is 2. The van der Waals surface area contributed by atoms with Crippen LogP contribution >= 0.6 is 31.9 Å². The number of alkyl halides is 1. The van der Waals surface area contributed by atoms with Crippen molar-refractivity contribution in [2.24, 2.45) is 0 Å². The molecule has 0 saturated heterocycles. The molecule has 0 saturated carbocycles. The summed E-state index contributed by atoms with van der Waals surface area (Å²) in [5.41, 5.74) is 0.0692. The first-order valence-corrected chi connectivity index (χ1v) is 8.25. The van der Waals surface area contributed by atoms with Crippen LogP contribution in [0.25, 0.3) is 0 Å². The molecule has 0 aliphatic carbocycles. The van der Waals surface area contributed by atoms with Crippen molar-refractivity contribution in [1.82, 2.24) is 0 Å². The smallest absolute Gasteiger partial charge is 0.127 e. The van der Waals surface area contributed by atoms with Gasteiger partial charge in [0.25, 0.3) is 0 Å². The standard InChI is InChI=1S/C16H16Br2O2/c1-16(19,10-11-17)12-2-6-14(7-3-12)20-15-8-4-13(18)5-9-15/h2-9,19H,10-11H2,1H3. The molecule has 2 nitrogen and oxygen atoms in total. The third-order valence-corrected chi connectivity index (χ3v) is 4.03. The summed E-state index contributed by atoms with van der Waals surface area (Å²) in [5.74, 6) is 1.54. The van der Waals surface area contributed by atoms with Gasteiger partial charge in [0.15, 0.2) is 0 Å². The predicted octanol–water partition coefficient (Wildman–Crippen LogP) is 5.23. The van der Waals surface area contributed by atoms with Crippen molar-refractivity contribution in [3.8, 4) is 11.5 Å². The summed E-state index contributed by atoms with van der Waals surface area (Å²) in [6.07, 6.45) is 0.667. The highest BCUT2D eigenvalue weighted by molar-refractivity contribution is 9.10. The van der Waals surface area contributed by atoms with Crippen molar-refractivity contribution in [3.05, 3.63) is 58.6 Å². The summed E-state index contributed by atoms with van der Waals surface area (Å²) < 4.78 is 6.77. The van der Waals surface area contributed by atoms with Gasteiger partial charge in [0.1, 0.15) is 11.5 Å². The Kier molecular flexibility index (Phi) is 5.24. The molecule has 0 fully saturated rings. The minimum absolute atomic E-state index is 0.667. The van der Waals surface area contributed by atoms with Crippen molar-refractivity contribution in [2.75, 3.05) is 5.33 Å². The van der Waals surface area contributed by atoms with Gasteiger partial charge in [-0.1, -0.05) is 44.0 Å². The number of hydrogen-bond acceptors (Lipinski definition) is 2. The van der Waals surface area contributed by atoms with E-state index < -0.39 is 5.60 Å². The summed E-state index contributed by atoms with van der Waals surface area (Å²) in [4.78, 5) is 0. The summed E-state index contributed by atoms with van der Waals surface area (Å²) in [6.45, 7) is 1.82. The van der Waals surface area contributed by atoms with Crippen LogP contribution < -0.4 is 4.74 Å². The predicted molar refractivity (Wildman–Crippen MR) is 88.6 cm³/mol. The third-order valence-electron chi connectivity index (χ3n) is 3.11. The summed E-state index contributed by atoms with van der Waals surface area (Å²) >= 11 is 6.75. The van der Waals surface area contributed by atoms with Crippen LogP contribution in [0, 0.1) is 0 Å². The van der Waals surface area contributed by atoms with Gasteiger partial charge >= 0.3 is 0 Å². The van der Waals surface area contributed by atoms with E-state index in [-0.39, 0.29) is 0 Å². The van der Waals surface area contributed by atoms with Crippen molar-refractivity contribution < 1.29 is 9.84 Å². The van der Waals surface area contributed by atoms with Crippen LogP contribution in [-0.4, -0.2) is 10.4 Å². The molecule has 20 heavy (non-hydrogen) atoms. The van der Waals surface area contributed by atoms with Gasteiger partial charge < -0.3 is 9.84 Å². The molecule has 0 amide bonds. The Balaban J connectivity index is 2.10. The maximum atomic E-state index is 10.3. The van der Waals surface area contributed by atoms with Gasteiger partial charge in [-0.15, -0.1) is 0 Å². The van der Waals surface area contributed by atoms with Gasteiger partial charge in [0.2, 0.25) is 0 Å². The minimum atomic E-state index is -0.820. The van der Waals surface area contributed by atoms with Gasteiger partial charge in [0, 0.05) is 9.80 Å². The molecule has 2 aromatic carbocycles. The van der Waals surface area contributed by atoms with Crippen LogP contribution in [0.5, 0.6) is 11.5 Å². The zero-order valence-electron chi connectivity index (χ0n) is 11.1. The quantitative estimate of drug-likeness (QED) is 0.697. The molecule has 0 aliphatic heterocycles. The van der Waals surface area contributed by atoms with Crippen LogP contribution in [0.3, 0.4) is 0 Å². The van der Waals surface area contributed by atoms with Crippen LogP contribution in [-0.2, 0) is 5.60 Å². The molecule has 0 radical (unpaired) electrons. The number of rotatable bonds is 5. The van der Waals surface area contributed by atoms with Crippen molar-refractivity contribution in [1.29, 1.82) is 0 Å². The second-order valence-corrected chi connectivity index (χ2v) is 6.50. The van der Waals surface area contributed by atoms with E-state index in [1.807, 2.05) is 55.5 Å². The van der Waals surface area contributed by atoms with Crippen molar-refractivity contribution in [2.45, 2.75) is 18.9 Å². The summed E-state index contributed by atoms with van der Waals surface area (Å²) in [6, 6.07) is 15.2. The topological polar surface area (TPSA) is 29.5 Å². The van der Waals surface area contributed by atoms with Gasteiger partial charge in [-0.25, -0.2) is 0 Å². The fraction of sp³-hybridized carbons (Fsp3) is 0.250. The Morgan fingerprint density at radius 1 is 1.00 bits per heavy atom. The molecule has 0 heterocycles. The second-order valence-electron chi connectivity index (χ2n) is 4.79. The third kappa shape index (κ3) is 4.08. The number of benzene rings is 2. The van der Waals surface area contributed by atoms with Gasteiger partial charge in [-0.05, 0) is 55.3 Å². The van der Waals surface area contributed by atoms with E-state index >= 15 is 0 Å². The lowest BCUT2D eigenvalue weighted by molar-refractivity contribution is 0.0546. The molecular formula is C16H16Br2O2. The van der Waals surface area contributed by atoms with Crippen LogP contribution in [0.15, 0.2) is 53.0 Å². The highest BCUT2D eigenvalue weighted by Crippen LogP contribution is 2.29. The molecule has 0 spiro atoms. The van der Waals surface area contributed by atoms with E-state index in [4.69, 9.17) is 4.74 Å². The van der Waals surface area contributed by atoms with E-state index in [0.717, 1.165) is 26.9 Å². The average molecular weight is 400 g/mol. The number of hydrogen-bond donors (Lipinski definition) is 1. The van der Waals surface area contributed by atoms with Crippen LogP contribution in [0.1, 0.15) is 18.9 Å². The number of aliphatic hydroxyl groups is 1. The maximum Gasteiger partial charge on any atom is 0.127 e. The van der Waals surface area contributed by atoms with Gasteiger partial charge in [0.05, 0.1) is 5.60 Å². The first-order valence-electron chi connectivity index (χ1n) is 6.33. The van der Waals surface area contributed by atoms with E-state index in [1.165, 1.54) is 0 Å². The molecule has 0 bridgehead atoms. The summed E-state index contributed by atoms with van der Waals surface area (Å²) in [7, 11) is 0. The first-order chi connectivity index (χ1) is 9.51. The van der Waals surface area contributed by atoms with E-state index in [2.05, 4.69) is 31.9 Å². The Bertz CT molecular complexity index is 548. The molecular weight excluding hydrogens is 384 g/mol. The van der Waals surface area contributed by atoms with Crippen LogP contribution in [0.4, 0.5) is 0 Å². The molecule has 0 aromatic heterocycles. The molecule has 0 aliphatic rings. The summed E-state index contributed by atoms with van der Waals surface area (Å²) in [5, 5.41) is 11.1. The fourth-order valence-electron chi connectivity index (χ4n) is 1.85. The zero-order chi connectivity index (χ0) is 14.6. The highest BCUT2D eigenvalue weighted by Gasteiger charge is 2.21. The van der Waals surface area contributed by atoms with E-state index in [9.17, 15) is 5.11 Å². The van der Waals surface area contributed by atoms with E-state index in [1.54, 1.807) is 0 Å². The normalized spacial score (nSPS) is 13.8. The molecule has 106 valence electrons. The lowest BCUT2D eigenvalue weighted by atomic mass is 9.93. The van der Waals surface area contributed by atoms with Crippen molar-refractivity contribution in [3.63, 3.8) is 0 Å². The Morgan fingerprint density at radius 3 is 2.00 bits per heavy atom. The Morgan fingerprint density at radius 2 is 1.50 bits per heavy atom. The largest absolute Gasteiger partial charge is 0.457 e. The average Bonchev–Trinajstić information content (AvgIpc) is 2.42.